The zero-order chi connectivity index (χ0) is 12.4. The lowest BCUT2D eigenvalue weighted by atomic mass is 10.4. The zero-order valence-corrected chi connectivity index (χ0v) is 9.65. The molecule has 0 aromatic rings. The van der Waals surface area contributed by atoms with Gasteiger partial charge in [-0.15, -0.1) is 0 Å². The summed E-state index contributed by atoms with van der Waals surface area (Å²) in [5, 5.41) is 10.9. The Labute approximate surface area is 95.2 Å². The molecule has 0 heterocycles. The van der Waals surface area contributed by atoms with Crippen LogP contribution in [0.5, 0.6) is 0 Å². The van der Waals surface area contributed by atoms with Crippen LogP contribution in [0.25, 0.3) is 0 Å². The van der Waals surface area contributed by atoms with Crippen LogP contribution in [0.1, 0.15) is 13.3 Å². The van der Waals surface area contributed by atoms with E-state index >= 15 is 0 Å². The number of hydrogen-bond donors (Lipinski definition) is 1. The van der Waals surface area contributed by atoms with Gasteiger partial charge in [-0.1, -0.05) is 6.92 Å². The molecule has 90 valence electrons. The van der Waals surface area contributed by atoms with Crippen LogP contribution in [0.2, 0.25) is 0 Å². The number of nitriles is 1. The Balaban J connectivity index is 3.88. The average Bonchev–Trinajstić information content (AvgIpc) is 2.28. The molecule has 6 nitrogen and oxygen atoms in total. The minimum Gasteiger partial charge on any atom is -0.468 e. The molecule has 1 amide bonds. The molecule has 0 aromatic heterocycles. The average molecular weight is 227 g/mol. The van der Waals surface area contributed by atoms with E-state index in [9.17, 15) is 9.59 Å². The van der Waals surface area contributed by atoms with Gasteiger partial charge in [0.2, 0.25) is 5.91 Å². The van der Waals surface area contributed by atoms with E-state index in [1.165, 1.54) is 7.11 Å². The number of nitrogens with zero attached hydrogens (tertiary/aromatic N) is 2. The Bertz CT molecular complexity index is 273. The second-order valence-corrected chi connectivity index (χ2v) is 3.14. The van der Waals surface area contributed by atoms with E-state index in [-0.39, 0.29) is 31.4 Å². The molecule has 1 N–H and O–H groups in total. The van der Waals surface area contributed by atoms with Gasteiger partial charge in [-0.25, -0.2) is 0 Å². The molecule has 0 atom stereocenters. The van der Waals surface area contributed by atoms with Crippen LogP contribution < -0.4 is 5.32 Å². The number of carbonyl (C=O) groups is 2. The van der Waals surface area contributed by atoms with Gasteiger partial charge in [-0.3, -0.25) is 14.5 Å². The van der Waals surface area contributed by atoms with Crippen LogP contribution in [0, 0.1) is 11.3 Å². The standard InChI is InChI=1S/C10H17N3O3/c1-3-13(8-10(15)16-2)7-9(14)12-6-4-5-11/h3-4,6-8H2,1-2H3,(H,12,14). The summed E-state index contributed by atoms with van der Waals surface area (Å²) in [6.45, 7) is 3.01. The van der Waals surface area contributed by atoms with Crippen molar-refractivity contribution in [1.82, 2.24) is 10.2 Å². The van der Waals surface area contributed by atoms with Gasteiger partial charge in [0, 0.05) is 6.54 Å². The predicted molar refractivity (Wildman–Crippen MR) is 57.4 cm³/mol. The number of ether oxygens (including phenoxy) is 1. The van der Waals surface area contributed by atoms with E-state index in [1.807, 2.05) is 13.0 Å². The number of carbonyl (C=O) groups excluding carboxylic acids is 2. The summed E-state index contributed by atoms with van der Waals surface area (Å²) in [7, 11) is 1.31. The van der Waals surface area contributed by atoms with E-state index < -0.39 is 0 Å². The topological polar surface area (TPSA) is 82.4 Å². The summed E-state index contributed by atoms with van der Waals surface area (Å²) in [5.41, 5.74) is 0. The van der Waals surface area contributed by atoms with Crippen LogP contribution >= 0.6 is 0 Å². The van der Waals surface area contributed by atoms with Crippen molar-refractivity contribution in [1.29, 1.82) is 5.26 Å². The van der Waals surface area contributed by atoms with E-state index in [4.69, 9.17) is 5.26 Å². The number of rotatable bonds is 7. The maximum Gasteiger partial charge on any atom is 0.319 e. The number of methoxy groups -OCH3 is 1. The normalized spacial score (nSPS) is 9.62. The summed E-state index contributed by atoms with van der Waals surface area (Å²) in [5.74, 6) is -0.562. The van der Waals surface area contributed by atoms with Crippen molar-refractivity contribution in [3.05, 3.63) is 0 Å². The van der Waals surface area contributed by atoms with E-state index in [0.717, 1.165) is 0 Å². The van der Waals surface area contributed by atoms with E-state index in [1.54, 1.807) is 4.90 Å². The fourth-order valence-electron chi connectivity index (χ4n) is 1.04. The quantitative estimate of drug-likeness (QED) is 0.469. The van der Waals surface area contributed by atoms with Gasteiger partial charge in [0.05, 0.1) is 32.7 Å². The first-order valence-corrected chi connectivity index (χ1v) is 5.06. The highest BCUT2D eigenvalue weighted by Gasteiger charge is 2.12. The first-order valence-electron chi connectivity index (χ1n) is 5.06. The van der Waals surface area contributed by atoms with Gasteiger partial charge in [0.15, 0.2) is 0 Å². The molecule has 0 aliphatic carbocycles. The number of nitrogens with one attached hydrogen (secondary N) is 1. The van der Waals surface area contributed by atoms with Gasteiger partial charge in [0.25, 0.3) is 0 Å². The molecule has 0 saturated heterocycles. The van der Waals surface area contributed by atoms with Crippen LogP contribution in [0.3, 0.4) is 0 Å². The van der Waals surface area contributed by atoms with Gasteiger partial charge in [-0.2, -0.15) is 5.26 Å². The third kappa shape index (κ3) is 6.79. The highest BCUT2D eigenvalue weighted by atomic mass is 16.5. The zero-order valence-electron chi connectivity index (χ0n) is 9.65. The van der Waals surface area contributed by atoms with Crippen molar-refractivity contribution in [2.24, 2.45) is 0 Å². The Morgan fingerprint density at radius 1 is 1.44 bits per heavy atom. The molecule has 0 aliphatic rings. The number of likely N-dealkylation sites (N-methyl/N-ethyl adjacent to an activating group) is 1. The Morgan fingerprint density at radius 2 is 2.12 bits per heavy atom. The molecule has 6 heteroatoms. The lowest BCUT2D eigenvalue weighted by Gasteiger charge is -2.17. The van der Waals surface area contributed by atoms with Crippen molar-refractivity contribution in [2.75, 3.05) is 33.3 Å². The van der Waals surface area contributed by atoms with Crippen molar-refractivity contribution in [3.63, 3.8) is 0 Å². The van der Waals surface area contributed by atoms with Gasteiger partial charge in [-0.05, 0) is 6.54 Å². The smallest absolute Gasteiger partial charge is 0.319 e. The van der Waals surface area contributed by atoms with Crippen molar-refractivity contribution in [3.8, 4) is 6.07 Å². The molecule has 0 saturated carbocycles. The second-order valence-electron chi connectivity index (χ2n) is 3.14. The molecule has 0 aromatic carbocycles. The Morgan fingerprint density at radius 3 is 2.62 bits per heavy atom. The summed E-state index contributed by atoms with van der Waals surface area (Å²) in [6, 6.07) is 1.93. The van der Waals surface area contributed by atoms with Crippen molar-refractivity contribution >= 4 is 11.9 Å². The molecule has 0 bridgehead atoms. The van der Waals surface area contributed by atoms with E-state index in [2.05, 4.69) is 10.1 Å². The minimum atomic E-state index is -0.369. The predicted octanol–water partition coefficient (Wildman–Crippen LogP) is -0.489. The molecule has 0 radical (unpaired) electrons. The van der Waals surface area contributed by atoms with Gasteiger partial charge >= 0.3 is 5.97 Å². The maximum atomic E-state index is 11.3. The highest BCUT2D eigenvalue weighted by Crippen LogP contribution is 1.89. The first-order chi connectivity index (χ1) is 7.63. The highest BCUT2D eigenvalue weighted by molar-refractivity contribution is 5.79. The molecule has 0 rings (SSSR count). The molecular formula is C10H17N3O3. The summed E-state index contributed by atoms with van der Waals surface area (Å²) in [4.78, 5) is 24.0. The monoisotopic (exact) mass is 227 g/mol. The summed E-state index contributed by atoms with van der Waals surface area (Å²) in [6.07, 6.45) is 0.287. The fourth-order valence-corrected chi connectivity index (χ4v) is 1.04. The number of hydrogen-bond acceptors (Lipinski definition) is 5. The lowest BCUT2D eigenvalue weighted by molar-refractivity contribution is -0.142. The minimum absolute atomic E-state index is 0.0959. The molecule has 0 aliphatic heterocycles. The number of amides is 1. The fraction of sp³-hybridized carbons (Fsp3) is 0.700. The SMILES string of the molecule is CCN(CC(=O)NCCC#N)CC(=O)OC. The van der Waals surface area contributed by atoms with Crippen LogP contribution in [-0.4, -0.2) is 50.1 Å². The molecule has 0 unspecified atom stereocenters. The third-order valence-electron chi connectivity index (χ3n) is 1.95. The largest absolute Gasteiger partial charge is 0.468 e. The molecule has 0 fully saturated rings. The second kappa shape index (κ2) is 8.68. The van der Waals surface area contributed by atoms with Crippen molar-refractivity contribution < 1.29 is 14.3 Å². The summed E-state index contributed by atoms with van der Waals surface area (Å²) >= 11 is 0. The maximum absolute atomic E-state index is 11.3. The number of esters is 1. The summed E-state index contributed by atoms with van der Waals surface area (Å²) < 4.78 is 4.51. The first kappa shape index (κ1) is 14.4. The lowest BCUT2D eigenvalue weighted by Crippen LogP contribution is -2.40. The molecule has 16 heavy (non-hydrogen) atoms. The molecule has 0 spiro atoms. The van der Waals surface area contributed by atoms with Gasteiger partial charge in [0.1, 0.15) is 0 Å². The molecular weight excluding hydrogens is 210 g/mol. The Kier molecular flexibility index (Phi) is 7.81. The van der Waals surface area contributed by atoms with E-state index in [0.29, 0.717) is 13.1 Å². The van der Waals surface area contributed by atoms with Crippen LogP contribution in [-0.2, 0) is 14.3 Å². The van der Waals surface area contributed by atoms with Crippen LogP contribution in [0.4, 0.5) is 0 Å². The van der Waals surface area contributed by atoms with Crippen molar-refractivity contribution in [2.45, 2.75) is 13.3 Å². The Hall–Kier alpha value is -1.61. The van der Waals surface area contributed by atoms with Crippen LogP contribution in [0.15, 0.2) is 0 Å². The van der Waals surface area contributed by atoms with Gasteiger partial charge < -0.3 is 10.1 Å². The third-order valence-corrected chi connectivity index (χ3v) is 1.95.